The van der Waals surface area contributed by atoms with Gasteiger partial charge in [0.2, 0.25) is 11.8 Å². The average molecular weight is 302 g/mol. The van der Waals surface area contributed by atoms with Gasteiger partial charge in [0, 0.05) is 18.2 Å². The van der Waals surface area contributed by atoms with Crippen molar-refractivity contribution in [3.63, 3.8) is 0 Å². The van der Waals surface area contributed by atoms with E-state index in [1.54, 1.807) is 0 Å². The number of thioether (sulfide) groups is 1. The van der Waals surface area contributed by atoms with Crippen molar-refractivity contribution in [3.05, 3.63) is 29.8 Å². The maximum Gasteiger partial charge on any atom is 0.239 e. The fourth-order valence-corrected chi connectivity index (χ4v) is 2.75. The Kier molecular flexibility index (Phi) is 4.11. The first-order valence-electron chi connectivity index (χ1n) is 5.22. The highest BCUT2D eigenvalue weighted by Gasteiger charge is 2.30. The van der Waals surface area contributed by atoms with Gasteiger partial charge in [-0.2, -0.15) is 0 Å². The second kappa shape index (κ2) is 5.62. The summed E-state index contributed by atoms with van der Waals surface area (Å²) in [7, 11) is 0. The Labute approximate surface area is 116 Å². The van der Waals surface area contributed by atoms with Gasteiger partial charge < -0.3 is 10.6 Å². The van der Waals surface area contributed by atoms with Crippen LogP contribution in [0, 0.1) is 11.6 Å². The summed E-state index contributed by atoms with van der Waals surface area (Å²) in [5.41, 5.74) is 0.134. The molecule has 0 saturated carbocycles. The van der Waals surface area contributed by atoms with Crippen LogP contribution in [0.4, 0.5) is 14.5 Å². The molecule has 0 spiro atoms. The van der Waals surface area contributed by atoms with Gasteiger partial charge in [-0.1, -0.05) is 24.0 Å². The van der Waals surface area contributed by atoms with Crippen LogP contribution in [-0.4, -0.2) is 21.4 Å². The molecule has 1 heterocycles. The third-order valence-electron chi connectivity index (χ3n) is 2.34. The van der Waals surface area contributed by atoms with E-state index in [-0.39, 0.29) is 18.0 Å². The SMILES string of the molecule is O=C(C[C@@H]1SC(=S)NC1=O)Nc1ccc(F)c(F)c1. The van der Waals surface area contributed by atoms with Crippen molar-refractivity contribution < 1.29 is 18.4 Å². The van der Waals surface area contributed by atoms with E-state index in [0.29, 0.717) is 4.32 Å². The molecule has 1 aliphatic heterocycles. The summed E-state index contributed by atoms with van der Waals surface area (Å²) in [5.74, 6) is -2.83. The zero-order chi connectivity index (χ0) is 14.0. The normalized spacial score (nSPS) is 18.3. The first-order valence-corrected chi connectivity index (χ1v) is 6.51. The Balaban J connectivity index is 1.96. The first-order chi connectivity index (χ1) is 8.95. The lowest BCUT2D eigenvalue weighted by atomic mass is 10.2. The maximum absolute atomic E-state index is 12.9. The van der Waals surface area contributed by atoms with E-state index in [1.165, 1.54) is 6.07 Å². The molecule has 1 fully saturated rings. The molecule has 8 heteroatoms. The molecular weight excluding hydrogens is 294 g/mol. The lowest BCUT2D eigenvalue weighted by molar-refractivity contribution is -0.122. The summed E-state index contributed by atoms with van der Waals surface area (Å²) in [6.07, 6.45) is -0.0877. The van der Waals surface area contributed by atoms with Crippen LogP contribution in [0.15, 0.2) is 18.2 Å². The molecule has 1 aromatic carbocycles. The summed E-state index contributed by atoms with van der Waals surface area (Å²) in [4.78, 5) is 23.0. The second-order valence-electron chi connectivity index (χ2n) is 3.76. The summed E-state index contributed by atoms with van der Waals surface area (Å²) >= 11 is 5.89. The lowest BCUT2D eigenvalue weighted by Crippen LogP contribution is -2.27. The van der Waals surface area contributed by atoms with E-state index in [9.17, 15) is 18.4 Å². The molecule has 0 bridgehead atoms. The molecule has 2 amide bonds. The highest BCUT2D eigenvalue weighted by atomic mass is 32.2. The third kappa shape index (κ3) is 3.48. The Morgan fingerprint density at radius 3 is 2.74 bits per heavy atom. The molecule has 1 aromatic rings. The maximum atomic E-state index is 12.9. The van der Waals surface area contributed by atoms with Crippen molar-refractivity contribution >= 4 is 45.8 Å². The highest BCUT2D eigenvalue weighted by Crippen LogP contribution is 2.23. The van der Waals surface area contributed by atoms with Crippen LogP contribution in [0.25, 0.3) is 0 Å². The molecule has 0 aromatic heterocycles. The van der Waals surface area contributed by atoms with Crippen molar-refractivity contribution in [2.75, 3.05) is 5.32 Å². The van der Waals surface area contributed by atoms with Crippen molar-refractivity contribution in [1.82, 2.24) is 5.32 Å². The minimum atomic E-state index is -1.05. The van der Waals surface area contributed by atoms with Crippen LogP contribution >= 0.6 is 24.0 Å². The van der Waals surface area contributed by atoms with Gasteiger partial charge in [-0.15, -0.1) is 0 Å². The number of anilines is 1. The van der Waals surface area contributed by atoms with Crippen molar-refractivity contribution in [3.8, 4) is 0 Å². The fourth-order valence-electron chi connectivity index (χ4n) is 1.48. The van der Waals surface area contributed by atoms with Crippen molar-refractivity contribution in [2.45, 2.75) is 11.7 Å². The number of hydrogen-bond donors (Lipinski definition) is 2. The molecule has 0 unspecified atom stereocenters. The van der Waals surface area contributed by atoms with E-state index in [4.69, 9.17) is 12.2 Å². The fraction of sp³-hybridized carbons (Fsp3) is 0.182. The number of halogens is 2. The third-order valence-corrected chi connectivity index (χ3v) is 3.71. The largest absolute Gasteiger partial charge is 0.326 e. The molecule has 0 radical (unpaired) electrons. The Morgan fingerprint density at radius 2 is 2.16 bits per heavy atom. The number of thiocarbonyl (C=S) groups is 1. The van der Waals surface area contributed by atoms with Crippen LogP contribution in [0.2, 0.25) is 0 Å². The standard InChI is InChI=1S/C11H8F2N2O2S2/c12-6-2-1-5(3-7(6)13)14-9(16)4-8-10(17)15-11(18)19-8/h1-3,8H,4H2,(H,14,16)(H,15,17,18)/t8-/m0/s1. The van der Waals surface area contributed by atoms with Crippen molar-refractivity contribution in [2.24, 2.45) is 0 Å². The molecule has 4 nitrogen and oxygen atoms in total. The number of amides is 2. The van der Waals surface area contributed by atoms with Gasteiger partial charge in [0.1, 0.15) is 4.32 Å². The number of carbonyl (C=O) groups is 2. The lowest BCUT2D eigenvalue weighted by Gasteiger charge is -2.07. The number of benzene rings is 1. The van der Waals surface area contributed by atoms with E-state index in [2.05, 4.69) is 10.6 Å². The van der Waals surface area contributed by atoms with Crippen LogP contribution in [-0.2, 0) is 9.59 Å². The molecule has 1 saturated heterocycles. The van der Waals surface area contributed by atoms with E-state index >= 15 is 0 Å². The number of hydrogen-bond acceptors (Lipinski definition) is 4. The number of carbonyl (C=O) groups excluding carboxylic acids is 2. The summed E-state index contributed by atoms with van der Waals surface area (Å²) < 4.78 is 26.0. The molecule has 2 rings (SSSR count). The van der Waals surface area contributed by atoms with Gasteiger partial charge in [-0.05, 0) is 12.1 Å². The predicted molar refractivity (Wildman–Crippen MR) is 71.7 cm³/mol. The van der Waals surface area contributed by atoms with Gasteiger partial charge in [-0.25, -0.2) is 8.78 Å². The molecular formula is C11H8F2N2O2S2. The van der Waals surface area contributed by atoms with Gasteiger partial charge in [0.25, 0.3) is 0 Å². The highest BCUT2D eigenvalue weighted by molar-refractivity contribution is 8.24. The minimum absolute atomic E-state index is 0.0877. The topological polar surface area (TPSA) is 58.2 Å². The molecule has 1 atom stereocenters. The quantitative estimate of drug-likeness (QED) is 0.836. The Bertz CT molecular complexity index is 566. The summed E-state index contributed by atoms with van der Waals surface area (Å²) in [5, 5.41) is 4.22. The minimum Gasteiger partial charge on any atom is -0.326 e. The van der Waals surface area contributed by atoms with E-state index in [0.717, 1.165) is 23.9 Å². The van der Waals surface area contributed by atoms with Crippen LogP contribution in [0.3, 0.4) is 0 Å². The van der Waals surface area contributed by atoms with Crippen LogP contribution in [0.1, 0.15) is 6.42 Å². The van der Waals surface area contributed by atoms with Gasteiger partial charge in [0.15, 0.2) is 11.6 Å². The van der Waals surface area contributed by atoms with Crippen molar-refractivity contribution in [1.29, 1.82) is 0 Å². The Morgan fingerprint density at radius 1 is 1.42 bits per heavy atom. The van der Waals surface area contributed by atoms with Gasteiger partial charge in [-0.3, -0.25) is 9.59 Å². The number of nitrogens with one attached hydrogen (secondary N) is 2. The smallest absolute Gasteiger partial charge is 0.239 e. The number of rotatable bonds is 3. The molecule has 1 aliphatic rings. The summed E-state index contributed by atoms with van der Waals surface area (Å²) in [6.45, 7) is 0. The zero-order valence-electron chi connectivity index (χ0n) is 9.41. The average Bonchev–Trinajstić information content (AvgIpc) is 2.62. The second-order valence-corrected chi connectivity index (χ2v) is 5.64. The monoisotopic (exact) mass is 302 g/mol. The van der Waals surface area contributed by atoms with Gasteiger partial charge >= 0.3 is 0 Å². The first kappa shape index (κ1) is 13.9. The van der Waals surface area contributed by atoms with Crippen LogP contribution in [0.5, 0.6) is 0 Å². The molecule has 0 aliphatic carbocycles. The van der Waals surface area contributed by atoms with Crippen LogP contribution < -0.4 is 10.6 Å². The predicted octanol–water partition coefficient (Wildman–Crippen LogP) is 1.81. The van der Waals surface area contributed by atoms with Gasteiger partial charge in [0.05, 0.1) is 5.25 Å². The summed E-state index contributed by atoms with van der Waals surface area (Å²) in [6, 6.07) is 3.03. The Hall–Kier alpha value is -1.54. The molecule has 100 valence electrons. The van der Waals surface area contributed by atoms with E-state index < -0.39 is 22.8 Å². The molecule has 2 N–H and O–H groups in total. The van der Waals surface area contributed by atoms with E-state index in [1.807, 2.05) is 0 Å². The zero-order valence-corrected chi connectivity index (χ0v) is 11.0. The molecule has 19 heavy (non-hydrogen) atoms.